The second kappa shape index (κ2) is 9.18. The second-order valence-corrected chi connectivity index (χ2v) is 8.39. The molecule has 1 aliphatic rings. The summed E-state index contributed by atoms with van der Waals surface area (Å²) in [6.07, 6.45) is 3.05. The van der Waals surface area contributed by atoms with Crippen molar-refractivity contribution in [2.75, 3.05) is 5.32 Å². The molecule has 3 amide bonds. The number of imide groups is 1. The molecule has 0 spiro atoms. The number of nitrogens with one attached hydrogen (secondary N) is 1. The van der Waals surface area contributed by atoms with E-state index in [0.29, 0.717) is 16.3 Å². The van der Waals surface area contributed by atoms with Crippen molar-refractivity contribution in [3.05, 3.63) is 76.3 Å². The maximum Gasteiger partial charge on any atom is 0.262 e. The van der Waals surface area contributed by atoms with E-state index in [1.807, 2.05) is 30.3 Å². The van der Waals surface area contributed by atoms with Crippen molar-refractivity contribution in [2.45, 2.75) is 38.6 Å². The van der Waals surface area contributed by atoms with Gasteiger partial charge in [0.15, 0.2) is 0 Å². The standard InChI is InChI=1S/C23H22N4O3S/c1-2-3-13-19-25-26-23(31-19)24-20(28)18(14-15-9-5-4-6-10-15)27-21(29)16-11-7-8-12-17(16)22(27)30/h4-12,18H,2-3,13-14H2,1H3,(H,24,26,28)/t18-/m1/s1. The molecule has 0 aliphatic carbocycles. The highest BCUT2D eigenvalue weighted by Gasteiger charge is 2.42. The number of anilines is 1. The predicted octanol–water partition coefficient (Wildman–Crippen LogP) is 3.73. The summed E-state index contributed by atoms with van der Waals surface area (Å²) in [5, 5.41) is 12.1. The number of benzene rings is 2. The van der Waals surface area contributed by atoms with Crippen molar-refractivity contribution in [3.63, 3.8) is 0 Å². The van der Waals surface area contributed by atoms with Crippen molar-refractivity contribution < 1.29 is 14.4 Å². The van der Waals surface area contributed by atoms with Gasteiger partial charge in [-0.2, -0.15) is 0 Å². The molecule has 0 bridgehead atoms. The number of rotatable bonds is 8. The number of carbonyl (C=O) groups excluding carboxylic acids is 3. The summed E-state index contributed by atoms with van der Waals surface area (Å²) in [4.78, 5) is 40.3. The molecular formula is C23H22N4O3S. The Labute approximate surface area is 184 Å². The Hall–Kier alpha value is -3.39. The van der Waals surface area contributed by atoms with Crippen molar-refractivity contribution in [2.24, 2.45) is 0 Å². The first kappa shape index (κ1) is 20.9. The zero-order chi connectivity index (χ0) is 21.8. The maximum absolute atomic E-state index is 13.3. The maximum atomic E-state index is 13.3. The van der Waals surface area contributed by atoms with Gasteiger partial charge < -0.3 is 0 Å². The molecule has 1 aliphatic heterocycles. The van der Waals surface area contributed by atoms with E-state index in [1.54, 1.807) is 24.3 Å². The third-order valence-corrected chi connectivity index (χ3v) is 6.05. The average Bonchev–Trinajstić information content (AvgIpc) is 3.34. The lowest BCUT2D eigenvalue weighted by Crippen LogP contribution is -2.48. The zero-order valence-electron chi connectivity index (χ0n) is 17.1. The molecule has 1 aromatic heterocycles. The predicted molar refractivity (Wildman–Crippen MR) is 118 cm³/mol. The summed E-state index contributed by atoms with van der Waals surface area (Å²) in [6, 6.07) is 15.0. The smallest absolute Gasteiger partial charge is 0.262 e. The number of hydrogen-bond donors (Lipinski definition) is 1. The highest BCUT2D eigenvalue weighted by molar-refractivity contribution is 7.15. The van der Waals surface area contributed by atoms with Gasteiger partial charge in [0.2, 0.25) is 11.0 Å². The van der Waals surface area contributed by atoms with E-state index in [2.05, 4.69) is 22.4 Å². The number of amides is 3. The van der Waals surface area contributed by atoms with Gasteiger partial charge in [0, 0.05) is 12.8 Å². The summed E-state index contributed by atoms with van der Waals surface area (Å²) in [6.45, 7) is 2.10. The Morgan fingerprint density at radius 1 is 1.00 bits per heavy atom. The second-order valence-electron chi connectivity index (χ2n) is 7.33. The lowest BCUT2D eigenvalue weighted by Gasteiger charge is -2.25. The zero-order valence-corrected chi connectivity index (χ0v) is 17.9. The molecule has 8 heteroatoms. The van der Waals surface area contributed by atoms with Crippen LogP contribution < -0.4 is 5.32 Å². The molecule has 158 valence electrons. The SMILES string of the molecule is CCCCc1nnc(NC(=O)[C@@H](Cc2ccccc2)N2C(=O)c3ccccc3C2=O)s1. The fourth-order valence-corrected chi connectivity index (χ4v) is 4.34. The Kier molecular flexibility index (Phi) is 6.18. The van der Waals surface area contributed by atoms with Crippen LogP contribution in [0.25, 0.3) is 0 Å². The van der Waals surface area contributed by atoms with Crippen LogP contribution in [-0.2, 0) is 17.6 Å². The molecule has 2 heterocycles. The monoisotopic (exact) mass is 434 g/mol. The number of hydrogen-bond acceptors (Lipinski definition) is 6. The lowest BCUT2D eigenvalue weighted by molar-refractivity contribution is -0.119. The number of fused-ring (bicyclic) bond motifs is 1. The van der Waals surface area contributed by atoms with Crippen molar-refractivity contribution in [3.8, 4) is 0 Å². The fourth-order valence-electron chi connectivity index (χ4n) is 3.55. The van der Waals surface area contributed by atoms with E-state index >= 15 is 0 Å². The molecule has 31 heavy (non-hydrogen) atoms. The quantitative estimate of drug-likeness (QED) is 0.546. The molecule has 0 saturated carbocycles. The summed E-state index contributed by atoms with van der Waals surface area (Å²) in [5.41, 5.74) is 1.48. The molecule has 4 rings (SSSR count). The van der Waals surface area contributed by atoms with Gasteiger partial charge in [-0.05, 0) is 24.1 Å². The van der Waals surface area contributed by atoms with E-state index in [1.165, 1.54) is 11.3 Å². The van der Waals surface area contributed by atoms with Gasteiger partial charge in [0.05, 0.1) is 11.1 Å². The van der Waals surface area contributed by atoms with Crippen LogP contribution in [-0.4, -0.2) is 38.9 Å². The summed E-state index contributed by atoms with van der Waals surface area (Å²) >= 11 is 1.31. The lowest BCUT2D eigenvalue weighted by atomic mass is 10.0. The van der Waals surface area contributed by atoms with E-state index in [-0.39, 0.29) is 6.42 Å². The van der Waals surface area contributed by atoms with Gasteiger partial charge >= 0.3 is 0 Å². The summed E-state index contributed by atoms with van der Waals surface area (Å²) in [5.74, 6) is -1.38. The summed E-state index contributed by atoms with van der Waals surface area (Å²) in [7, 11) is 0. The Balaban J connectivity index is 1.60. The minimum Gasteiger partial charge on any atom is -0.299 e. The number of aryl methyl sites for hydroxylation is 1. The van der Waals surface area contributed by atoms with Crippen molar-refractivity contribution in [1.29, 1.82) is 0 Å². The molecule has 1 atom stereocenters. The molecule has 0 radical (unpaired) electrons. The normalized spacial score (nSPS) is 13.9. The first-order valence-corrected chi connectivity index (χ1v) is 11.0. The van der Waals surface area contributed by atoms with E-state index in [0.717, 1.165) is 34.7 Å². The van der Waals surface area contributed by atoms with E-state index in [4.69, 9.17) is 0 Å². The highest BCUT2D eigenvalue weighted by atomic mass is 32.1. The van der Waals surface area contributed by atoms with Gasteiger partial charge in [-0.15, -0.1) is 10.2 Å². The third kappa shape index (κ3) is 4.39. The van der Waals surface area contributed by atoms with Gasteiger partial charge in [-0.3, -0.25) is 24.6 Å². The van der Waals surface area contributed by atoms with Crippen LogP contribution >= 0.6 is 11.3 Å². The molecular weight excluding hydrogens is 412 g/mol. The van der Waals surface area contributed by atoms with Crippen LogP contribution in [0.2, 0.25) is 0 Å². The Morgan fingerprint density at radius 2 is 1.65 bits per heavy atom. The molecule has 0 saturated heterocycles. The van der Waals surface area contributed by atoms with Crippen LogP contribution in [0.4, 0.5) is 5.13 Å². The first-order chi connectivity index (χ1) is 15.1. The first-order valence-electron chi connectivity index (χ1n) is 10.2. The molecule has 3 aromatic rings. The van der Waals surface area contributed by atoms with Gasteiger partial charge in [0.1, 0.15) is 11.0 Å². The minimum absolute atomic E-state index is 0.208. The summed E-state index contributed by atoms with van der Waals surface area (Å²) < 4.78 is 0. The van der Waals surface area contributed by atoms with Crippen molar-refractivity contribution in [1.82, 2.24) is 15.1 Å². The molecule has 0 fully saturated rings. The highest BCUT2D eigenvalue weighted by Crippen LogP contribution is 2.27. The van der Waals surface area contributed by atoms with Crippen LogP contribution in [0.5, 0.6) is 0 Å². The van der Waals surface area contributed by atoms with Gasteiger partial charge in [-0.1, -0.05) is 67.1 Å². The number of carbonyl (C=O) groups is 3. The Bertz CT molecular complexity index is 1080. The average molecular weight is 435 g/mol. The molecule has 2 aromatic carbocycles. The van der Waals surface area contributed by atoms with Crippen LogP contribution in [0.3, 0.4) is 0 Å². The van der Waals surface area contributed by atoms with Crippen molar-refractivity contribution >= 4 is 34.2 Å². The minimum atomic E-state index is -1.00. The number of aromatic nitrogens is 2. The third-order valence-electron chi connectivity index (χ3n) is 5.15. The Morgan fingerprint density at radius 3 is 2.29 bits per heavy atom. The topological polar surface area (TPSA) is 92.3 Å². The van der Waals surface area contributed by atoms with Crippen LogP contribution in [0, 0.1) is 0 Å². The molecule has 1 N–H and O–H groups in total. The van der Waals surface area contributed by atoms with Gasteiger partial charge in [-0.25, -0.2) is 0 Å². The molecule has 0 unspecified atom stereocenters. The number of nitrogens with zero attached hydrogens (tertiary/aromatic N) is 3. The van der Waals surface area contributed by atoms with E-state index in [9.17, 15) is 14.4 Å². The number of unbranched alkanes of at least 4 members (excludes halogenated alkanes) is 1. The van der Waals surface area contributed by atoms with E-state index < -0.39 is 23.8 Å². The van der Waals surface area contributed by atoms with Gasteiger partial charge in [0.25, 0.3) is 11.8 Å². The molecule has 7 nitrogen and oxygen atoms in total. The fraction of sp³-hybridized carbons (Fsp3) is 0.261. The van der Waals surface area contributed by atoms with Crippen LogP contribution in [0.15, 0.2) is 54.6 Å². The largest absolute Gasteiger partial charge is 0.299 e. The van der Waals surface area contributed by atoms with Crippen LogP contribution in [0.1, 0.15) is 51.1 Å².